The second-order valence-electron chi connectivity index (χ2n) is 22.4. The molecule has 0 fully saturated rings. The third-order valence-corrected chi connectivity index (χ3v) is 15.0. The first kappa shape index (κ1) is 70.9. The van der Waals surface area contributed by atoms with E-state index in [0.29, 0.717) is 19.3 Å². The molecule has 0 aliphatic rings. The van der Waals surface area contributed by atoms with Gasteiger partial charge in [-0.3, -0.25) is 14.4 Å². The van der Waals surface area contributed by atoms with Crippen LogP contribution in [0.15, 0.2) is 24.3 Å². The molecule has 0 aliphatic carbocycles. The minimum atomic E-state index is -0.765. The van der Waals surface area contributed by atoms with Crippen molar-refractivity contribution in [1.82, 2.24) is 0 Å². The Morgan fingerprint density at radius 1 is 0.274 bits per heavy atom. The van der Waals surface area contributed by atoms with E-state index < -0.39 is 6.10 Å². The molecule has 0 aromatic carbocycles. The lowest BCUT2D eigenvalue weighted by Crippen LogP contribution is -2.30. The Bertz CT molecular complexity index is 1180. The molecule has 0 heterocycles. The Balaban J connectivity index is 4.18. The fraction of sp³-hybridized carbons (Fsp3) is 0.896. The molecule has 430 valence electrons. The molecule has 6 heteroatoms. The summed E-state index contributed by atoms with van der Waals surface area (Å²) in [5.74, 6) is -0.835. The van der Waals surface area contributed by atoms with Gasteiger partial charge in [-0.1, -0.05) is 321 Å². The van der Waals surface area contributed by atoms with Crippen molar-refractivity contribution in [3.05, 3.63) is 24.3 Å². The monoisotopic (exact) mass is 1030 g/mol. The quantitative estimate of drug-likeness (QED) is 0.0261. The highest BCUT2D eigenvalue weighted by molar-refractivity contribution is 5.71. The van der Waals surface area contributed by atoms with E-state index in [0.717, 1.165) is 64.2 Å². The highest BCUT2D eigenvalue weighted by Crippen LogP contribution is 2.18. The van der Waals surface area contributed by atoms with Crippen LogP contribution in [0.5, 0.6) is 0 Å². The largest absolute Gasteiger partial charge is 0.462 e. The zero-order valence-electron chi connectivity index (χ0n) is 49.4. The predicted molar refractivity (Wildman–Crippen MR) is 316 cm³/mol. The number of carbonyl (C=O) groups is 3. The number of esters is 3. The molecular weight excluding hydrogens is 901 g/mol. The van der Waals surface area contributed by atoms with Crippen LogP contribution in [0.4, 0.5) is 0 Å². The van der Waals surface area contributed by atoms with Gasteiger partial charge in [0.05, 0.1) is 0 Å². The average molecular weight is 1030 g/mol. The van der Waals surface area contributed by atoms with Gasteiger partial charge in [0.25, 0.3) is 0 Å². The second kappa shape index (κ2) is 62.4. The SMILES string of the molecule is CCCCCCC/C=C\C/C=C\CCCCCCCCCCCCCCCCCC(=O)OCC(COC(=O)CCCCCCCCCCCCCCCC)OC(=O)CCCCCCCCCCCCCCCC. The van der Waals surface area contributed by atoms with Crippen LogP contribution in [-0.4, -0.2) is 37.2 Å². The van der Waals surface area contributed by atoms with E-state index in [2.05, 4.69) is 45.1 Å². The number of carbonyl (C=O) groups excluding carboxylic acids is 3. The average Bonchev–Trinajstić information content (AvgIpc) is 3.39. The van der Waals surface area contributed by atoms with Crippen molar-refractivity contribution in [2.24, 2.45) is 0 Å². The lowest BCUT2D eigenvalue weighted by molar-refractivity contribution is -0.167. The van der Waals surface area contributed by atoms with Crippen molar-refractivity contribution < 1.29 is 28.6 Å². The highest BCUT2D eigenvalue weighted by Gasteiger charge is 2.19. The van der Waals surface area contributed by atoms with Crippen LogP contribution in [0.3, 0.4) is 0 Å². The molecule has 6 nitrogen and oxygen atoms in total. The number of unbranched alkanes of at least 4 members (excludes halogenated alkanes) is 46. The third kappa shape index (κ3) is 60.6. The fourth-order valence-electron chi connectivity index (χ4n) is 10.0. The maximum atomic E-state index is 12.9. The molecule has 73 heavy (non-hydrogen) atoms. The lowest BCUT2D eigenvalue weighted by Gasteiger charge is -2.18. The van der Waals surface area contributed by atoms with Crippen LogP contribution >= 0.6 is 0 Å². The van der Waals surface area contributed by atoms with Crippen molar-refractivity contribution in [2.75, 3.05) is 13.2 Å². The van der Waals surface area contributed by atoms with Gasteiger partial charge in [0.2, 0.25) is 0 Å². The summed E-state index contributed by atoms with van der Waals surface area (Å²) in [5, 5.41) is 0. The Morgan fingerprint density at radius 2 is 0.493 bits per heavy atom. The minimum absolute atomic E-state index is 0.0640. The molecule has 0 amide bonds. The van der Waals surface area contributed by atoms with Crippen molar-refractivity contribution >= 4 is 17.9 Å². The first-order chi connectivity index (χ1) is 36.0. The summed E-state index contributed by atoms with van der Waals surface area (Å²) in [6, 6.07) is 0. The van der Waals surface area contributed by atoms with Crippen LogP contribution in [-0.2, 0) is 28.6 Å². The normalized spacial score (nSPS) is 12.1. The third-order valence-electron chi connectivity index (χ3n) is 15.0. The summed E-state index contributed by atoms with van der Waals surface area (Å²) < 4.78 is 16.9. The molecule has 1 unspecified atom stereocenters. The molecular formula is C67H126O6. The van der Waals surface area contributed by atoms with Gasteiger partial charge in [0, 0.05) is 19.3 Å². The maximum absolute atomic E-state index is 12.9. The van der Waals surface area contributed by atoms with E-state index in [9.17, 15) is 14.4 Å². The van der Waals surface area contributed by atoms with Crippen LogP contribution in [0.2, 0.25) is 0 Å². The Kier molecular flexibility index (Phi) is 60.6. The molecule has 0 rings (SSSR count). The van der Waals surface area contributed by atoms with Crippen LogP contribution < -0.4 is 0 Å². The Hall–Kier alpha value is -2.11. The maximum Gasteiger partial charge on any atom is 0.306 e. The van der Waals surface area contributed by atoms with Crippen molar-refractivity contribution in [3.63, 3.8) is 0 Å². The molecule has 0 aromatic heterocycles. The summed E-state index contributed by atoms with van der Waals surface area (Å²) in [5.41, 5.74) is 0. The number of rotatable bonds is 61. The lowest BCUT2D eigenvalue weighted by atomic mass is 10.0. The van der Waals surface area contributed by atoms with Crippen LogP contribution in [0, 0.1) is 0 Å². The van der Waals surface area contributed by atoms with Crippen LogP contribution in [0.25, 0.3) is 0 Å². The van der Waals surface area contributed by atoms with Gasteiger partial charge in [0.15, 0.2) is 6.10 Å². The van der Waals surface area contributed by atoms with E-state index in [-0.39, 0.29) is 31.1 Å². The van der Waals surface area contributed by atoms with Gasteiger partial charge in [-0.25, -0.2) is 0 Å². The van der Waals surface area contributed by atoms with E-state index in [4.69, 9.17) is 14.2 Å². The van der Waals surface area contributed by atoms with E-state index >= 15 is 0 Å². The standard InChI is InChI=1S/C67H126O6/c1-4-7-10-13-16-19-22-25-28-29-30-31-32-33-34-35-36-37-38-39-40-43-45-48-51-54-57-60-66(69)72-63-64(73-67(70)61-58-55-52-49-46-42-27-24-21-18-15-12-9-6-3)62-71-65(68)59-56-53-50-47-44-41-26-23-20-17-14-11-8-5-2/h22,25,29-30,64H,4-21,23-24,26-28,31-63H2,1-3H3/b25-22-,30-29-. The summed E-state index contributed by atoms with van der Waals surface area (Å²) in [6.07, 6.45) is 74.8. The van der Waals surface area contributed by atoms with Crippen molar-refractivity contribution in [3.8, 4) is 0 Å². The summed E-state index contributed by atoms with van der Waals surface area (Å²) in [4.78, 5) is 38.3. The van der Waals surface area contributed by atoms with Crippen molar-refractivity contribution in [2.45, 2.75) is 374 Å². The second-order valence-corrected chi connectivity index (χ2v) is 22.4. The first-order valence-corrected chi connectivity index (χ1v) is 32.8. The number of ether oxygens (including phenoxy) is 3. The first-order valence-electron chi connectivity index (χ1n) is 32.8. The molecule has 0 spiro atoms. The fourth-order valence-corrected chi connectivity index (χ4v) is 10.0. The van der Waals surface area contributed by atoms with Gasteiger partial charge in [-0.05, 0) is 51.4 Å². The molecule has 0 radical (unpaired) electrons. The topological polar surface area (TPSA) is 78.9 Å². The number of hydrogen-bond donors (Lipinski definition) is 0. The summed E-state index contributed by atoms with van der Waals surface area (Å²) in [6.45, 7) is 6.70. The minimum Gasteiger partial charge on any atom is -0.462 e. The Labute approximate surface area is 455 Å². The molecule has 0 N–H and O–H groups in total. The van der Waals surface area contributed by atoms with E-state index in [1.807, 2.05) is 0 Å². The zero-order chi connectivity index (χ0) is 52.9. The zero-order valence-corrected chi connectivity index (χ0v) is 49.4. The van der Waals surface area contributed by atoms with Gasteiger partial charge in [-0.15, -0.1) is 0 Å². The smallest absolute Gasteiger partial charge is 0.306 e. The summed E-state index contributed by atoms with van der Waals surface area (Å²) in [7, 11) is 0. The van der Waals surface area contributed by atoms with E-state index in [1.165, 1.54) is 263 Å². The highest BCUT2D eigenvalue weighted by atomic mass is 16.6. The Morgan fingerprint density at radius 3 is 0.753 bits per heavy atom. The molecule has 0 saturated heterocycles. The van der Waals surface area contributed by atoms with Crippen LogP contribution in [0.1, 0.15) is 367 Å². The molecule has 0 aromatic rings. The molecule has 1 atom stereocenters. The number of hydrogen-bond acceptors (Lipinski definition) is 6. The predicted octanol–water partition coefficient (Wildman–Crippen LogP) is 22.2. The molecule has 0 saturated carbocycles. The van der Waals surface area contributed by atoms with Crippen molar-refractivity contribution in [1.29, 1.82) is 0 Å². The summed E-state index contributed by atoms with van der Waals surface area (Å²) >= 11 is 0. The molecule has 0 aliphatic heterocycles. The molecule has 0 bridgehead atoms. The van der Waals surface area contributed by atoms with Gasteiger partial charge >= 0.3 is 17.9 Å². The van der Waals surface area contributed by atoms with Gasteiger partial charge < -0.3 is 14.2 Å². The van der Waals surface area contributed by atoms with Gasteiger partial charge in [-0.2, -0.15) is 0 Å². The van der Waals surface area contributed by atoms with Gasteiger partial charge in [0.1, 0.15) is 13.2 Å². The van der Waals surface area contributed by atoms with E-state index in [1.54, 1.807) is 0 Å². The number of allylic oxidation sites excluding steroid dienone is 4.